The summed E-state index contributed by atoms with van der Waals surface area (Å²) in [7, 11) is 1.57. The maximum absolute atomic E-state index is 12.9. The van der Waals surface area contributed by atoms with Crippen LogP contribution in [0.5, 0.6) is 5.75 Å². The van der Waals surface area contributed by atoms with Crippen LogP contribution in [0.3, 0.4) is 0 Å². The van der Waals surface area contributed by atoms with E-state index in [1.807, 2.05) is 37.3 Å². The van der Waals surface area contributed by atoms with E-state index in [2.05, 4.69) is 15.3 Å². The van der Waals surface area contributed by atoms with E-state index in [1.165, 1.54) is 6.33 Å². The van der Waals surface area contributed by atoms with Crippen LogP contribution in [-0.2, 0) is 0 Å². The number of methoxy groups -OCH3 is 1. The fourth-order valence-electron chi connectivity index (χ4n) is 2.65. The predicted octanol–water partition coefficient (Wildman–Crippen LogP) is 4.55. The van der Waals surface area contributed by atoms with Crippen LogP contribution in [0.25, 0.3) is 0 Å². The zero-order chi connectivity index (χ0) is 19.2. The van der Waals surface area contributed by atoms with Crippen molar-refractivity contribution in [3.05, 3.63) is 71.6 Å². The lowest BCUT2D eigenvalue weighted by atomic mass is 10.2. The average molecular weight is 383 g/mol. The lowest BCUT2D eigenvalue weighted by Gasteiger charge is -2.20. The maximum Gasteiger partial charge on any atom is 0.277 e. The van der Waals surface area contributed by atoms with Gasteiger partial charge < -0.3 is 15.0 Å². The monoisotopic (exact) mass is 382 g/mol. The quantitative estimate of drug-likeness (QED) is 0.677. The van der Waals surface area contributed by atoms with E-state index in [1.54, 1.807) is 36.3 Å². The van der Waals surface area contributed by atoms with Gasteiger partial charge in [0.2, 0.25) is 0 Å². The van der Waals surface area contributed by atoms with Gasteiger partial charge in [0, 0.05) is 23.3 Å². The molecule has 0 aliphatic rings. The van der Waals surface area contributed by atoms with Crippen molar-refractivity contribution in [2.24, 2.45) is 0 Å². The first-order chi connectivity index (χ1) is 13.1. The Balaban J connectivity index is 1.87. The number of benzene rings is 2. The van der Waals surface area contributed by atoms with E-state index < -0.39 is 0 Å². The van der Waals surface area contributed by atoms with Crippen molar-refractivity contribution in [2.45, 2.75) is 6.92 Å². The van der Waals surface area contributed by atoms with Gasteiger partial charge in [-0.2, -0.15) is 0 Å². The number of para-hydroxylation sites is 1. The highest BCUT2D eigenvalue weighted by molar-refractivity contribution is 6.31. The normalized spacial score (nSPS) is 10.3. The van der Waals surface area contributed by atoms with Crippen molar-refractivity contribution in [2.75, 3.05) is 23.9 Å². The molecule has 7 heteroatoms. The molecule has 6 nitrogen and oxygen atoms in total. The first-order valence-corrected chi connectivity index (χ1v) is 8.79. The number of halogens is 1. The number of carbonyl (C=O) groups is 1. The summed E-state index contributed by atoms with van der Waals surface area (Å²) >= 11 is 6.06. The minimum Gasteiger partial charge on any atom is -0.495 e. The summed E-state index contributed by atoms with van der Waals surface area (Å²) in [4.78, 5) is 22.9. The van der Waals surface area contributed by atoms with Gasteiger partial charge in [-0.1, -0.05) is 29.8 Å². The molecule has 27 heavy (non-hydrogen) atoms. The predicted molar refractivity (Wildman–Crippen MR) is 107 cm³/mol. The van der Waals surface area contributed by atoms with Gasteiger partial charge in [-0.05, 0) is 37.3 Å². The SMILES string of the molecule is CCN(C(=O)c1cc(Nc2cc(Cl)ccc2OC)ncn1)c1ccccc1. The van der Waals surface area contributed by atoms with Gasteiger partial charge in [0.1, 0.15) is 23.6 Å². The molecule has 0 spiro atoms. The van der Waals surface area contributed by atoms with E-state index in [4.69, 9.17) is 16.3 Å². The molecule has 0 aliphatic heterocycles. The van der Waals surface area contributed by atoms with Crippen molar-refractivity contribution in [3.63, 3.8) is 0 Å². The highest BCUT2D eigenvalue weighted by Crippen LogP contribution is 2.30. The smallest absolute Gasteiger partial charge is 0.277 e. The lowest BCUT2D eigenvalue weighted by Crippen LogP contribution is -2.31. The highest BCUT2D eigenvalue weighted by Gasteiger charge is 2.18. The Bertz CT molecular complexity index is 934. The average Bonchev–Trinajstić information content (AvgIpc) is 2.70. The van der Waals surface area contributed by atoms with Crippen LogP contribution in [0.15, 0.2) is 60.9 Å². The van der Waals surface area contributed by atoms with Gasteiger partial charge in [-0.25, -0.2) is 9.97 Å². The molecule has 1 amide bonds. The topological polar surface area (TPSA) is 67.4 Å². The van der Waals surface area contributed by atoms with Crippen molar-refractivity contribution >= 4 is 34.7 Å². The number of anilines is 3. The van der Waals surface area contributed by atoms with Gasteiger partial charge in [0.15, 0.2) is 0 Å². The van der Waals surface area contributed by atoms with Crippen LogP contribution >= 0.6 is 11.6 Å². The molecule has 138 valence electrons. The second-order valence-electron chi connectivity index (χ2n) is 5.64. The number of nitrogens with zero attached hydrogens (tertiary/aromatic N) is 3. The van der Waals surface area contributed by atoms with E-state index in [9.17, 15) is 4.79 Å². The molecular formula is C20H19ClN4O2. The van der Waals surface area contributed by atoms with Crippen LogP contribution in [-0.4, -0.2) is 29.5 Å². The fourth-order valence-corrected chi connectivity index (χ4v) is 2.82. The number of ether oxygens (including phenoxy) is 1. The van der Waals surface area contributed by atoms with Crippen molar-refractivity contribution in [1.82, 2.24) is 9.97 Å². The molecule has 0 saturated carbocycles. The first kappa shape index (κ1) is 18.7. The van der Waals surface area contributed by atoms with Gasteiger partial charge >= 0.3 is 0 Å². The molecule has 1 aromatic heterocycles. The number of amides is 1. The van der Waals surface area contributed by atoms with E-state index in [0.717, 1.165) is 5.69 Å². The molecule has 0 saturated heterocycles. The molecule has 3 aromatic rings. The first-order valence-electron chi connectivity index (χ1n) is 8.42. The maximum atomic E-state index is 12.9. The number of hydrogen-bond acceptors (Lipinski definition) is 5. The Labute approximate surface area is 162 Å². The number of carbonyl (C=O) groups excluding carboxylic acids is 1. The van der Waals surface area contributed by atoms with E-state index >= 15 is 0 Å². The Morgan fingerprint density at radius 1 is 1.15 bits per heavy atom. The molecule has 0 radical (unpaired) electrons. The largest absolute Gasteiger partial charge is 0.495 e. The molecule has 0 aliphatic carbocycles. The summed E-state index contributed by atoms with van der Waals surface area (Å²) in [6.45, 7) is 2.44. The molecule has 1 N–H and O–H groups in total. The molecule has 0 atom stereocenters. The molecule has 0 bridgehead atoms. The Morgan fingerprint density at radius 2 is 1.93 bits per heavy atom. The zero-order valence-electron chi connectivity index (χ0n) is 15.0. The van der Waals surface area contributed by atoms with Crippen molar-refractivity contribution in [3.8, 4) is 5.75 Å². The van der Waals surface area contributed by atoms with Crippen LogP contribution in [0, 0.1) is 0 Å². The Hall–Kier alpha value is -3.12. The van der Waals surface area contributed by atoms with Gasteiger partial charge in [-0.15, -0.1) is 0 Å². The van der Waals surface area contributed by atoms with Crippen molar-refractivity contribution in [1.29, 1.82) is 0 Å². The van der Waals surface area contributed by atoms with Gasteiger partial charge in [0.05, 0.1) is 12.8 Å². The minimum absolute atomic E-state index is 0.202. The third-order valence-corrected chi connectivity index (χ3v) is 4.17. The number of nitrogens with one attached hydrogen (secondary N) is 1. The number of hydrogen-bond donors (Lipinski definition) is 1. The lowest BCUT2D eigenvalue weighted by molar-refractivity contribution is 0.0983. The summed E-state index contributed by atoms with van der Waals surface area (Å²) < 4.78 is 5.32. The highest BCUT2D eigenvalue weighted by atomic mass is 35.5. The van der Waals surface area contributed by atoms with E-state index in [0.29, 0.717) is 34.5 Å². The molecule has 3 rings (SSSR count). The third-order valence-electron chi connectivity index (χ3n) is 3.94. The summed E-state index contributed by atoms with van der Waals surface area (Å²) in [5.41, 5.74) is 1.76. The van der Waals surface area contributed by atoms with Gasteiger partial charge in [-0.3, -0.25) is 4.79 Å². The zero-order valence-corrected chi connectivity index (χ0v) is 15.8. The number of aromatic nitrogens is 2. The van der Waals surface area contributed by atoms with Crippen molar-refractivity contribution < 1.29 is 9.53 Å². The summed E-state index contributed by atoms with van der Waals surface area (Å²) in [5, 5.41) is 3.69. The molecule has 0 fully saturated rings. The standard InChI is InChI=1S/C20H19ClN4O2/c1-3-25(15-7-5-4-6-8-15)20(26)17-12-19(23-13-22-17)24-16-11-14(21)9-10-18(16)27-2/h4-13H,3H2,1-2H3,(H,22,23,24). The van der Waals surface area contributed by atoms with Crippen LogP contribution < -0.4 is 15.0 Å². The summed E-state index contributed by atoms with van der Waals surface area (Å²) in [6, 6.07) is 16.3. The summed E-state index contributed by atoms with van der Waals surface area (Å²) in [5.74, 6) is 0.885. The van der Waals surface area contributed by atoms with E-state index in [-0.39, 0.29) is 5.91 Å². The third kappa shape index (κ3) is 4.35. The Kier molecular flexibility index (Phi) is 5.88. The molecular weight excluding hydrogens is 364 g/mol. The minimum atomic E-state index is -0.202. The van der Waals surface area contributed by atoms with Crippen LogP contribution in [0.4, 0.5) is 17.2 Å². The Morgan fingerprint density at radius 3 is 2.63 bits per heavy atom. The fraction of sp³-hybridized carbons (Fsp3) is 0.150. The van der Waals surface area contributed by atoms with Crippen LogP contribution in [0.2, 0.25) is 5.02 Å². The number of rotatable bonds is 6. The second-order valence-corrected chi connectivity index (χ2v) is 6.08. The van der Waals surface area contributed by atoms with Gasteiger partial charge in [0.25, 0.3) is 5.91 Å². The molecule has 2 aromatic carbocycles. The van der Waals surface area contributed by atoms with Crippen LogP contribution in [0.1, 0.15) is 17.4 Å². The second kappa shape index (κ2) is 8.51. The molecule has 1 heterocycles. The summed E-state index contributed by atoms with van der Waals surface area (Å²) in [6.07, 6.45) is 1.35. The molecule has 0 unspecified atom stereocenters.